The van der Waals surface area contributed by atoms with E-state index in [0.29, 0.717) is 19.3 Å². The highest BCUT2D eigenvalue weighted by Gasteiger charge is 2.20. The molecule has 0 amide bonds. The highest BCUT2D eigenvalue weighted by Crippen LogP contribution is 2.19. The van der Waals surface area contributed by atoms with E-state index in [1.807, 2.05) is 0 Å². The molecule has 0 fully saturated rings. The van der Waals surface area contributed by atoms with E-state index in [1.54, 1.807) is 0 Å². The summed E-state index contributed by atoms with van der Waals surface area (Å²) in [6, 6.07) is 0. The second-order valence-corrected chi connectivity index (χ2v) is 25.9. The summed E-state index contributed by atoms with van der Waals surface area (Å²) >= 11 is 0. The lowest BCUT2D eigenvalue weighted by molar-refractivity contribution is -0.167. The van der Waals surface area contributed by atoms with Crippen molar-refractivity contribution in [3.63, 3.8) is 0 Å². The molecule has 1 unspecified atom stereocenters. The van der Waals surface area contributed by atoms with Crippen molar-refractivity contribution in [3.8, 4) is 0 Å². The monoisotopic (exact) mass is 1170 g/mol. The summed E-state index contributed by atoms with van der Waals surface area (Å²) < 4.78 is 17.0. The van der Waals surface area contributed by atoms with Crippen LogP contribution in [0.15, 0.2) is 24.3 Å². The van der Waals surface area contributed by atoms with Crippen molar-refractivity contribution in [3.05, 3.63) is 24.3 Å². The topological polar surface area (TPSA) is 78.9 Å². The standard InChI is InChI=1S/C77H146O6/c1-4-7-10-13-16-19-22-24-26-28-30-32-34-36-37-38-39-40-42-43-45-47-49-51-53-55-58-61-64-67-70-76(79)82-73-74(72-81-75(78)69-66-63-60-57-21-18-15-12-9-6-3)83-77(80)71-68-65-62-59-56-54-52-50-48-46-44-41-35-33-31-29-27-25-23-20-17-14-11-8-5-2/h12,15,29,31,74H,4-11,13-14,16-28,30,32-73H2,1-3H3/b15-12-,31-29-. The molecule has 1 atom stereocenters. The van der Waals surface area contributed by atoms with E-state index in [0.717, 1.165) is 70.6 Å². The first kappa shape index (κ1) is 80.9. The Kier molecular flexibility index (Phi) is 70.5. The minimum atomic E-state index is -0.772. The summed E-state index contributed by atoms with van der Waals surface area (Å²) in [6.45, 7) is 6.66. The van der Waals surface area contributed by atoms with Crippen molar-refractivity contribution < 1.29 is 28.6 Å². The molecule has 0 aromatic heterocycles. The predicted molar refractivity (Wildman–Crippen MR) is 363 cm³/mol. The summed E-state index contributed by atoms with van der Waals surface area (Å²) in [7, 11) is 0. The first-order chi connectivity index (χ1) is 41.0. The van der Waals surface area contributed by atoms with Gasteiger partial charge in [-0.2, -0.15) is 0 Å². The van der Waals surface area contributed by atoms with Gasteiger partial charge in [0.2, 0.25) is 0 Å². The van der Waals surface area contributed by atoms with Crippen LogP contribution < -0.4 is 0 Å². The molecule has 0 rings (SSSR count). The van der Waals surface area contributed by atoms with Crippen LogP contribution in [0, 0.1) is 0 Å². The predicted octanol–water partition coefficient (Wildman–Crippen LogP) is 26.1. The van der Waals surface area contributed by atoms with Gasteiger partial charge in [0.1, 0.15) is 13.2 Å². The average Bonchev–Trinajstić information content (AvgIpc) is 3.48. The maximum absolute atomic E-state index is 12.9. The average molecular weight is 1170 g/mol. The van der Waals surface area contributed by atoms with Crippen LogP contribution in [-0.4, -0.2) is 37.2 Å². The van der Waals surface area contributed by atoms with Crippen LogP contribution in [0.1, 0.15) is 432 Å². The molecule has 0 bridgehead atoms. The third kappa shape index (κ3) is 70.5. The Hall–Kier alpha value is -2.11. The molecule has 83 heavy (non-hydrogen) atoms. The number of esters is 3. The molecule has 0 radical (unpaired) electrons. The lowest BCUT2D eigenvalue weighted by Gasteiger charge is -2.18. The molecule has 0 saturated heterocycles. The summed E-state index contributed by atoms with van der Waals surface area (Å²) in [6.07, 6.45) is 89.7. The van der Waals surface area contributed by atoms with E-state index in [4.69, 9.17) is 14.2 Å². The molecule has 0 saturated carbocycles. The fourth-order valence-electron chi connectivity index (χ4n) is 11.7. The molecule has 6 heteroatoms. The Morgan fingerprint density at radius 2 is 0.422 bits per heavy atom. The van der Waals surface area contributed by atoms with E-state index in [-0.39, 0.29) is 31.1 Å². The molecular weight excluding hydrogens is 1020 g/mol. The van der Waals surface area contributed by atoms with Gasteiger partial charge in [0.25, 0.3) is 0 Å². The summed E-state index contributed by atoms with van der Waals surface area (Å²) in [5.41, 5.74) is 0. The number of hydrogen-bond donors (Lipinski definition) is 0. The smallest absolute Gasteiger partial charge is 0.306 e. The first-order valence-corrected chi connectivity index (χ1v) is 37.8. The van der Waals surface area contributed by atoms with Gasteiger partial charge in [-0.25, -0.2) is 0 Å². The number of ether oxygens (including phenoxy) is 3. The van der Waals surface area contributed by atoms with Gasteiger partial charge in [-0.3, -0.25) is 14.4 Å². The van der Waals surface area contributed by atoms with Crippen LogP contribution in [0.3, 0.4) is 0 Å². The summed E-state index contributed by atoms with van der Waals surface area (Å²) in [5.74, 6) is -0.848. The normalized spacial score (nSPS) is 12.1. The molecule has 0 aliphatic carbocycles. The number of hydrogen-bond acceptors (Lipinski definition) is 6. The van der Waals surface area contributed by atoms with Gasteiger partial charge in [0.15, 0.2) is 6.10 Å². The Balaban J connectivity index is 4.07. The summed E-state index contributed by atoms with van der Waals surface area (Å²) in [4.78, 5) is 38.4. The van der Waals surface area contributed by atoms with Crippen LogP contribution in [0.25, 0.3) is 0 Å². The fourth-order valence-corrected chi connectivity index (χ4v) is 11.7. The molecule has 0 N–H and O–H groups in total. The van der Waals surface area contributed by atoms with Crippen molar-refractivity contribution in [1.82, 2.24) is 0 Å². The Morgan fingerprint density at radius 1 is 0.229 bits per heavy atom. The molecule has 0 aliphatic rings. The minimum Gasteiger partial charge on any atom is -0.462 e. The molecule has 6 nitrogen and oxygen atoms in total. The fraction of sp³-hybridized carbons (Fsp3) is 0.909. The first-order valence-electron chi connectivity index (χ1n) is 37.8. The van der Waals surface area contributed by atoms with Crippen molar-refractivity contribution in [1.29, 1.82) is 0 Å². The Labute approximate surface area is 519 Å². The van der Waals surface area contributed by atoms with Gasteiger partial charge >= 0.3 is 17.9 Å². The molecule has 0 heterocycles. The van der Waals surface area contributed by atoms with Crippen molar-refractivity contribution in [2.24, 2.45) is 0 Å². The van der Waals surface area contributed by atoms with Crippen LogP contribution in [0.5, 0.6) is 0 Å². The largest absolute Gasteiger partial charge is 0.462 e. The van der Waals surface area contributed by atoms with Gasteiger partial charge in [0.05, 0.1) is 0 Å². The SMILES string of the molecule is CCC/C=C\CCCCCCCC(=O)OCC(COC(=O)CCCCCCCCCCCCCCCCCCCCCCCCCCCCCCCC)OC(=O)CCCCCCCCCCCCCCC/C=C\CCCCCCCCCC. The zero-order chi connectivity index (χ0) is 59.9. The number of carbonyl (C=O) groups is 3. The molecule has 0 aliphatic heterocycles. The van der Waals surface area contributed by atoms with Crippen LogP contribution in [0.2, 0.25) is 0 Å². The lowest BCUT2D eigenvalue weighted by atomic mass is 10.0. The number of carbonyl (C=O) groups excluding carboxylic acids is 3. The zero-order valence-corrected chi connectivity index (χ0v) is 56.5. The van der Waals surface area contributed by atoms with E-state index in [2.05, 4.69) is 45.1 Å². The summed E-state index contributed by atoms with van der Waals surface area (Å²) in [5, 5.41) is 0. The maximum atomic E-state index is 12.9. The second kappa shape index (κ2) is 72.4. The van der Waals surface area contributed by atoms with Gasteiger partial charge < -0.3 is 14.2 Å². The lowest BCUT2D eigenvalue weighted by Crippen LogP contribution is -2.30. The van der Waals surface area contributed by atoms with Crippen molar-refractivity contribution >= 4 is 17.9 Å². The van der Waals surface area contributed by atoms with Gasteiger partial charge in [0, 0.05) is 19.3 Å². The third-order valence-corrected chi connectivity index (χ3v) is 17.4. The quantitative estimate of drug-likeness (QED) is 0.0261. The maximum Gasteiger partial charge on any atom is 0.306 e. The van der Waals surface area contributed by atoms with E-state index >= 15 is 0 Å². The van der Waals surface area contributed by atoms with Crippen LogP contribution >= 0.6 is 0 Å². The second-order valence-electron chi connectivity index (χ2n) is 25.9. The van der Waals surface area contributed by atoms with Crippen LogP contribution in [0.4, 0.5) is 0 Å². The highest BCUT2D eigenvalue weighted by atomic mass is 16.6. The molecule has 0 aromatic rings. The molecule has 0 aromatic carbocycles. The van der Waals surface area contributed by atoms with E-state index < -0.39 is 6.10 Å². The van der Waals surface area contributed by atoms with Crippen molar-refractivity contribution in [2.45, 2.75) is 438 Å². The third-order valence-electron chi connectivity index (χ3n) is 17.4. The number of rotatable bonds is 71. The van der Waals surface area contributed by atoms with Crippen molar-refractivity contribution in [2.75, 3.05) is 13.2 Å². The van der Waals surface area contributed by atoms with E-state index in [9.17, 15) is 14.4 Å². The van der Waals surface area contributed by atoms with Gasteiger partial charge in [-0.05, 0) is 64.2 Å². The molecule has 490 valence electrons. The molecular formula is C77H146O6. The minimum absolute atomic E-state index is 0.0682. The number of allylic oxidation sites excluding steroid dienone is 4. The highest BCUT2D eigenvalue weighted by molar-refractivity contribution is 5.71. The Bertz CT molecular complexity index is 1340. The molecule has 0 spiro atoms. The van der Waals surface area contributed by atoms with Crippen LogP contribution in [-0.2, 0) is 28.6 Å². The zero-order valence-electron chi connectivity index (χ0n) is 56.5. The van der Waals surface area contributed by atoms with Gasteiger partial charge in [-0.1, -0.05) is 373 Å². The Morgan fingerprint density at radius 3 is 0.651 bits per heavy atom. The van der Waals surface area contributed by atoms with E-state index in [1.165, 1.54) is 321 Å². The van der Waals surface area contributed by atoms with Gasteiger partial charge in [-0.15, -0.1) is 0 Å². The number of unbranched alkanes of at least 4 members (excludes halogenated alkanes) is 56.